The van der Waals surface area contributed by atoms with Crippen molar-refractivity contribution in [2.24, 2.45) is 0 Å². The van der Waals surface area contributed by atoms with Gasteiger partial charge < -0.3 is 9.84 Å². The fraction of sp³-hybridized carbons (Fsp3) is 0.174. The number of aliphatic hydroxyl groups is 1. The lowest BCUT2D eigenvalue weighted by Crippen LogP contribution is -2.29. The molecule has 1 aliphatic heterocycles. The Morgan fingerprint density at radius 1 is 1.10 bits per heavy atom. The Bertz CT molecular complexity index is 1150. The molecule has 0 aliphatic carbocycles. The summed E-state index contributed by atoms with van der Waals surface area (Å²) >= 11 is 1.34. The number of carbonyl (C=O) groups excluding carboxylic acids is 2. The third kappa shape index (κ3) is 3.27. The highest BCUT2D eigenvalue weighted by Gasteiger charge is 2.48. The molecule has 2 aromatic carbocycles. The van der Waals surface area contributed by atoms with Crippen LogP contribution in [0.2, 0.25) is 0 Å². The van der Waals surface area contributed by atoms with Crippen molar-refractivity contribution in [3.05, 3.63) is 81.9 Å². The van der Waals surface area contributed by atoms with Crippen LogP contribution in [-0.2, 0) is 9.59 Å². The first-order valence-electron chi connectivity index (χ1n) is 9.36. The van der Waals surface area contributed by atoms with E-state index in [2.05, 4.69) is 4.98 Å². The Labute approximate surface area is 178 Å². The largest absolute Gasteiger partial charge is 0.507 e. The fourth-order valence-corrected chi connectivity index (χ4v) is 4.40. The molecule has 3 aromatic rings. The monoisotopic (exact) mass is 420 g/mol. The minimum Gasteiger partial charge on any atom is -0.507 e. The molecular formula is C23H20N2O4S. The average Bonchev–Trinajstić information content (AvgIpc) is 3.23. The summed E-state index contributed by atoms with van der Waals surface area (Å²) in [5.41, 5.74) is 1.95. The number of hydrogen-bond acceptors (Lipinski definition) is 6. The summed E-state index contributed by atoms with van der Waals surface area (Å²) < 4.78 is 5.33. The van der Waals surface area contributed by atoms with E-state index in [0.717, 1.165) is 10.6 Å². The zero-order chi connectivity index (χ0) is 21.4. The van der Waals surface area contributed by atoms with Crippen molar-refractivity contribution in [1.29, 1.82) is 0 Å². The van der Waals surface area contributed by atoms with Crippen LogP contribution in [0.25, 0.3) is 5.76 Å². The molecule has 0 bridgehead atoms. The van der Waals surface area contributed by atoms with Crippen LogP contribution < -0.4 is 9.64 Å². The molecule has 0 saturated carbocycles. The summed E-state index contributed by atoms with van der Waals surface area (Å²) in [7, 11) is 1.55. The Hall–Kier alpha value is -3.45. The maximum Gasteiger partial charge on any atom is 0.301 e. The number of aromatic nitrogens is 1. The molecule has 1 atom stereocenters. The molecule has 152 valence electrons. The molecule has 30 heavy (non-hydrogen) atoms. The molecule has 1 aliphatic rings. The first-order chi connectivity index (χ1) is 14.4. The summed E-state index contributed by atoms with van der Waals surface area (Å²) in [6.07, 6.45) is 0. The topological polar surface area (TPSA) is 79.7 Å². The lowest BCUT2D eigenvalue weighted by atomic mass is 9.95. The van der Waals surface area contributed by atoms with E-state index in [1.54, 1.807) is 55.6 Å². The normalized spacial score (nSPS) is 18.1. The number of thiazole rings is 1. The van der Waals surface area contributed by atoms with Crippen LogP contribution in [0, 0.1) is 13.8 Å². The van der Waals surface area contributed by atoms with Crippen molar-refractivity contribution in [1.82, 2.24) is 4.98 Å². The average molecular weight is 420 g/mol. The van der Waals surface area contributed by atoms with Crippen LogP contribution in [0.4, 0.5) is 5.13 Å². The highest BCUT2D eigenvalue weighted by Crippen LogP contribution is 2.44. The van der Waals surface area contributed by atoms with Gasteiger partial charge in [-0.3, -0.25) is 14.5 Å². The molecule has 1 N–H and O–H groups in total. The molecule has 0 spiro atoms. The Morgan fingerprint density at radius 3 is 2.47 bits per heavy atom. The maximum atomic E-state index is 13.1. The molecule has 4 rings (SSSR count). The molecule has 1 unspecified atom stereocenters. The molecule has 2 heterocycles. The van der Waals surface area contributed by atoms with Gasteiger partial charge in [-0.1, -0.05) is 42.5 Å². The van der Waals surface area contributed by atoms with E-state index in [-0.39, 0.29) is 11.3 Å². The molecule has 7 heteroatoms. The van der Waals surface area contributed by atoms with Crippen LogP contribution in [-0.4, -0.2) is 28.9 Å². The van der Waals surface area contributed by atoms with Crippen LogP contribution >= 0.6 is 11.3 Å². The van der Waals surface area contributed by atoms with Gasteiger partial charge in [-0.25, -0.2) is 4.98 Å². The molecule has 1 amide bonds. The van der Waals surface area contributed by atoms with Crippen molar-refractivity contribution in [3.63, 3.8) is 0 Å². The van der Waals surface area contributed by atoms with Gasteiger partial charge in [0.25, 0.3) is 5.78 Å². The third-order valence-electron chi connectivity index (χ3n) is 5.12. The number of aliphatic hydroxyl groups excluding tert-OH is 1. The van der Waals surface area contributed by atoms with Crippen molar-refractivity contribution in [3.8, 4) is 5.75 Å². The van der Waals surface area contributed by atoms with Crippen molar-refractivity contribution < 1.29 is 19.4 Å². The van der Waals surface area contributed by atoms with E-state index >= 15 is 0 Å². The number of hydrogen-bond donors (Lipinski definition) is 1. The smallest absolute Gasteiger partial charge is 0.301 e. The van der Waals surface area contributed by atoms with E-state index in [1.807, 2.05) is 19.9 Å². The third-order valence-corrected chi connectivity index (χ3v) is 6.20. The Balaban J connectivity index is 1.96. The van der Waals surface area contributed by atoms with E-state index in [9.17, 15) is 14.7 Å². The lowest BCUT2D eigenvalue weighted by Gasteiger charge is -2.23. The summed E-state index contributed by atoms with van der Waals surface area (Å²) in [5, 5.41) is 11.4. The van der Waals surface area contributed by atoms with Gasteiger partial charge >= 0.3 is 5.91 Å². The number of rotatable bonds is 4. The highest BCUT2D eigenvalue weighted by molar-refractivity contribution is 7.16. The molecule has 0 radical (unpaired) electrons. The van der Waals surface area contributed by atoms with Gasteiger partial charge in [0.05, 0.1) is 24.4 Å². The molecule has 1 fully saturated rings. The first-order valence-corrected chi connectivity index (χ1v) is 10.2. The number of aryl methyl sites for hydroxylation is 2. The van der Waals surface area contributed by atoms with Crippen LogP contribution in [0.3, 0.4) is 0 Å². The Morgan fingerprint density at radius 2 is 1.83 bits per heavy atom. The highest BCUT2D eigenvalue weighted by atomic mass is 32.1. The number of nitrogens with zero attached hydrogens (tertiary/aromatic N) is 2. The maximum absolute atomic E-state index is 13.1. The zero-order valence-corrected chi connectivity index (χ0v) is 17.6. The predicted octanol–water partition coefficient (Wildman–Crippen LogP) is 4.39. The van der Waals surface area contributed by atoms with Gasteiger partial charge in [0, 0.05) is 10.4 Å². The van der Waals surface area contributed by atoms with Crippen molar-refractivity contribution in [2.75, 3.05) is 12.0 Å². The number of carbonyl (C=O) groups is 2. The van der Waals surface area contributed by atoms with Crippen molar-refractivity contribution in [2.45, 2.75) is 19.9 Å². The van der Waals surface area contributed by atoms with Gasteiger partial charge in [-0.15, -0.1) is 11.3 Å². The van der Waals surface area contributed by atoms with Crippen LogP contribution in [0.15, 0.2) is 60.2 Å². The molecule has 6 nitrogen and oxygen atoms in total. The lowest BCUT2D eigenvalue weighted by molar-refractivity contribution is -0.132. The second-order valence-electron chi connectivity index (χ2n) is 6.95. The number of anilines is 1. The summed E-state index contributed by atoms with van der Waals surface area (Å²) in [5.74, 6) is -1.08. The van der Waals surface area contributed by atoms with E-state index in [0.29, 0.717) is 22.0 Å². The number of ketones is 1. The van der Waals surface area contributed by atoms with Crippen LogP contribution in [0.5, 0.6) is 5.75 Å². The number of ether oxygens (including phenoxy) is 1. The summed E-state index contributed by atoms with van der Waals surface area (Å²) in [6.45, 7) is 3.77. The van der Waals surface area contributed by atoms with E-state index < -0.39 is 17.7 Å². The van der Waals surface area contributed by atoms with Gasteiger partial charge in [0.15, 0.2) is 5.13 Å². The molecule has 1 saturated heterocycles. The zero-order valence-electron chi connectivity index (χ0n) is 16.7. The van der Waals surface area contributed by atoms with Gasteiger partial charge in [0.2, 0.25) is 0 Å². The Kier molecular flexibility index (Phi) is 5.13. The minimum atomic E-state index is -0.815. The number of Topliss-reactive ketones (excluding diaryl/α,β-unsaturated/α-hetero) is 1. The quantitative estimate of drug-likeness (QED) is 0.385. The predicted molar refractivity (Wildman–Crippen MR) is 116 cm³/mol. The fourth-order valence-electron chi connectivity index (χ4n) is 3.47. The summed E-state index contributed by atoms with van der Waals surface area (Å²) in [4.78, 5) is 33.0. The standard InChI is InChI=1S/C23H20N2O4S/c1-13-14(2)30-23(24-13)25-19(16-10-7-11-17(12-16)29-3)18(21(27)22(25)28)20(26)15-8-5-4-6-9-15/h4-12,19,26H,1-3H3/b20-18+. The second kappa shape index (κ2) is 7.76. The molecular weight excluding hydrogens is 400 g/mol. The van der Waals surface area contributed by atoms with Gasteiger partial charge in [0.1, 0.15) is 11.5 Å². The summed E-state index contributed by atoms with van der Waals surface area (Å²) in [6, 6.07) is 15.1. The van der Waals surface area contributed by atoms with Crippen molar-refractivity contribution >= 4 is 33.9 Å². The van der Waals surface area contributed by atoms with Gasteiger partial charge in [-0.05, 0) is 31.5 Å². The van der Waals surface area contributed by atoms with E-state index in [4.69, 9.17) is 4.74 Å². The second-order valence-corrected chi connectivity index (χ2v) is 8.13. The SMILES string of the molecule is COc1cccc(C2/C(=C(\O)c3ccccc3)C(=O)C(=O)N2c2nc(C)c(C)s2)c1. The minimum absolute atomic E-state index is 0.0324. The first kappa shape index (κ1) is 19.8. The molecule has 1 aromatic heterocycles. The number of benzene rings is 2. The van der Waals surface area contributed by atoms with Crippen LogP contribution in [0.1, 0.15) is 27.7 Å². The van der Waals surface area contributed by atoms with Gasteiger partial charge in [-0.2, -0.15) is 0 Å². The number of amides is 1. The number of methoxy groups -OCH3 is 1. The van der Waals surface area contributed by atoms with E-state index in [1.165, 1.54) is 16.2 Å².